The molecule has 0 radical (unpaired) electrons. The highest BCUT2D eigenvalue weighted by Gasteiger charge is 2.16. The van der Waals surface area contributed by atoms with Gasteiger partial charge in [0.05, 0.1) is 6.54 Å². The summed E-state index contributed by atoms with van der Waals surface area (Å²) >= 11 is 0. The maximum atomic E-state index is 11.1. The maximum Gasteiger partial charge on any atom is 0.236 e. The maximum absolute atomic E-state index is 11.1. The van der Waals surface area contributed by atoms with Crippen molar-refractivity contribution in [1.29, 1.82) is 0 Å². The fraction of sp³-hybridized carbons (Fsp3) is 0.583. The number of nitrogens with one attached hydrogen (secondary N) is 1. The quantitative estimate of drug-likeness (QED) is 0.777. The van der Waals surface area contributed by atoms with E-state index in [1.165, 1.54) is 0 Å². The van der Waals surface area contributed by atoms with Crippen LogP contribution in [-0.4, -0.2) is 36.0 Å². The smallest absolute Gasteiger partial charge is 0.236 e. The van der Waals surface area contributed by atoms with Crippen LogP contribution in [0.15, 0.2) is 0 Å². The minimum Gasteiger partial charge on any atom is -0.373 e. The number of primary amides is 1. The van der Waals surface area contributed by atoms with Crippen molar-refractivity contribution in [1.82, 2.24) is 9.97 Å². The number of aromatic nitrogens is 2. The summed E-state index contributed by atoms with van der Waals surface area (Å²) in [7, 11) is 1.82. The van der Waals surface area contributed by atoms with Gasteiger partial charge in [-0.2, -0.15) is 0 Å². The van der Waals surface area contributed by atoms with E-state index in [0.29, 0.717) is 6.54 Å². The molecule has 0 atom stereocenters. The van der Waals surface area contributed by atoms with Crippen molar-refractivity contribution in [2.75, 3.05) is 30.4 Å². The molecule has 3 N–H and O–H groups in total. The molecular formula is C12H21N5O. The van der Waals surface area contributed by atoms with E-state index in [2.05, 4.69) is 15.3 Å². The molecule has 6 nitrogen and oxygen atoms in total. The predicted octanol–water partition coefficient (Wildman–Crippen LogP) is 0.701. The number of nitrogens with two attached hydrogens (primary N) is 1. The van der Waals surface area contributed by atoms with Gasteiger partial charge in [-0.25, -0.2) is 9.97 Å². The Morgan fingerprint density at radius 2 is 2.06 bits per heavy atom. The third-order valence-corrected chi connectivity index (χ3v) is 2.75. The van der Waals surface area contributed by atoms with Crippen molar-refractivity contribution in [3.8, 4) is 0 Å². The summed E-state index contributed by atoms with van der Waals surface area (Å²) in [5.74, 6) is 1.95. The van der Waals surface area contributed by atoms with Crippen LogP contribution in [0, 0.1) is 6.92 Å². The van der Waals surface area contributed by atoms with Gasteiger partial charge >= 0.3 is 0 Å². The molecule has 1 aromatic rings. The van der Waals surface area contributed by atoms with E-state index in [4.69, 9.17) is 5.73 Å². The highest BCUT2D eigenvalue weighted by Crippen LogP contribution is 2.23. The number of hydrogen-bond donors (Lipinski definition) is 2. The molecule has 0 saturated carbocycles. The molecule has 18 heavy (non-hydrogen) atoms. The van der Waals surface area contributed by atoms with Gasteiger partial charge in [0, 0.05) is 25.6 Å². The zero-order valence-electron chi connectivity index (χ0n) is 11.4. The third-order valence-electron chi connectivity index (χ3n) is 2.75. The second kappa shape index (κ2) is 6.18. The minimum atomic E-state index is -0.362. The molecule has 0 aliphatic carbocycles. The van der Waals surface area contributed by atoms with Crippen molar-refractivity contribution in [2.24, 2.45) is 5.73 Å². The Labute approximate surface area is 108 Å². The largest absolute Gasteiger partial charge is 0.373 e. The lowest BCUT2D eigenvalue weighted by Gasteiger charge is -2.23. The monoisotopic (exact) mass is 251 g/mol. The lowest BCUT2D eigenvalue weighted by atomic mass is 10.2. The van der Waals surface area contributed by atoms with Crippen molar-refractivity contribution in [3.63, 3.8) is 0 Å². The molecule has 6 heteroatoms. The standard InChI is InChI=1S/C12H21N5O/c1-5-10-15-11(14-4)8(3)12(16-10)17(6-2)7-9(13)18/h5-7H2,1-4H3,(H2,13,18)(H,14,15,16). The average molecular weight is 251 g/mol. The summed E-state index contributed by atoms with van der Waals surface area (Å²) in [5.41, 5.74) is 6.19. The summed E-state index contributed by atoms with van der Waals surface area (Å²) in [6.45, 7) is 6.74. The Bertz CT molecular complexity index is 433. The Morgan fingerprint density at radius 3 is 2.50 bits per heavy atom. The normalized spacial score (nSPS) is 10.2. The summed E-state index contributed by atoms with van der Waals surface area (Å²) in [4.78, 5) is 21.8. The predicted molar refractivity (Wildman–Crippen MR) is 72.8 cm³/mol. The van der Waals surface area contributed by atoms with Crippen molar-refractivity contribution in [2.45, 2.75) is 27.2 Å². The van der Waals surface area contributed by atoms with Crippen LogP contribution in [0.25, 0.3) is 0 Å². The number of rotatable bonds is 6. The first kappa shape index (κ1) is 14.2. The summed E-state index contributed by atoms with van der Waals surface area (Å²) in [5, 5.41) is 3.05. The van der Waals surface area contributed by atoms with E-state index < -0.39 is 0 Å². The number of carbonyl (C=O) groups is 1. The zero-order valence-corrected chi connectivity index (χ0v) is 11.4. The molecule has 0 bridgehead atoms. The lowest BCUT2D eigenvalue weighted by molar-refractivity contribution is -0.116. The highest BCUT2D eigenvalue weighted by atomic mass is 16.1. The first-order chi connectivity index (χ1) is 8.53. The molecule has 1 rings (SSSR count). The molecule has 1 aromatic heterocycles. The molecule has 0 aliphatic rings. The first-order valence-electron chi connectivity index (χ1n) is 6.11. The van der Waals surface area contributed by atoms with Crippen LogP contribution in [0.4, 0.5) is 11.6 Å². The van der Waals surface area contributed by atoms with Gasteiger partial charge in [0.1, 0.15) is 17.5 Å². The molecule has 1 heterocycles. The Hall–Kier alpha value is -1.85. The lowest BCUT2D eigenvalue weighted by Crippen LogP contribution is -2.35. The van der Waals surface area contributed by atoms with Gasteiger partial charge in [-0.15, -0.1) is 0 Å². The molecule has 0 spiro atoms. The van der Waals surface area contributed by atoms with E-state index in [1.807, 2.05) is 32.7 Å². The number of aryl methyl sites for hydroxylation is 1. The van der Waals surface area contributed by atoms with Gasteiger partial charge in [-0.1, -0.05) is 6.92 Å². The summed E-state index contributed by atoms with van der Waals surface area (Å²) < 4.78 is 0. The van der Waals surface area contributed by atoms with E-state index >= 15 is 0 Å². The highest BCUT2D eigenvalue weighted by molar-refractivity contribution is 5.79. The topological polar surface area (TPSA) is 84.1 Å². The van der Waals surface area contributed by atoms with Gasteiger partial charge in [-0.3, -0.25) is 4.79 Å². The fourth-order valence-corrected chi connectivity index (χ4v) is 1.78. The second-order valence-electron chi connectivity index (χ2n) is 4.02. The Balaban J connectivity index is 3.23. The fourth-order valence-electron chi connectivity index (χ4n) is 1.78. The molecule has 0 saturated heterocycles. The number of amides is 1. The summed E-state index contributed by atoms with van der Waals surface area (Å²) in [6, 6.07) is 0. The van der Waals surface area contributed by atoms with Crippen molar-refractivity contribution < 1.29 is 4.79 Å². The molecule has 0 fully saturated rings. The van der Waals surface area contributed by atoms with Crippen LogP contribution in [0.2, 0.25) is 0 Å². The average Bonchev–Trinajstić information content (AvgIpc) is 2.36. The SMILES string of the molecule is CCc1nc(NC)c(C)c(N(CC)CC(N)=O)n1. The third kappa shape index (κ3) is 3.09. The van der Waals surface area contributed by atoms with E-state index in [0.717, 1.165) is 29.4 Å². The second-order valence-corrected chi connectivity index (χ2v) is 4.02. The van der Waals surface area contributed by atoms with Gasteiger partial charge in [0.2, 0.25) is 5.91 Å². The zero-order chi connectivity index (χ0) is 13.7. The number of anilines is 2. The van der Waals surface area contributed by atoms with Gasteiger partial charge in [0.25, 0.3) is 0 Å². The summed E-state index contributed by atoms with van der Waals surface area (Å²) in [6.07, 6.45) is 0.746. The molecule has 0 aliphatic heterocycles. The number of carbonyl (C=O) groups excluding carboxylic acids is 1. The van der Waals surface area contributed by atoms with E-state index in [9.17, 15) is 4.79 Å². The van der Waals surface area contributed by atoms with Crippen LogP contribution in [0.5, 0.6) is 0 Å². The first-order valence-corrected chi connectivity index (χ1v) is 6.11. The van der Waals surface area contributed by atoms with Crippen LogP contribution < -0.4 is 16.0 Å². The number of likely N-dealkylation sites (N-methyl/N-ethyl adjacent to an activating group) is 1. The van der Waals surface area contributed by atoms with Crippen LogP contribution in [0.3, 0.4) is 0 Å². The van der Waals surface area contributed by atoms with Crippen molar-refractivity contribution >= 4 is 17.5 Å². The van der Waals surface area contributed by atoms with Crippen molar-refractivity contribution in [3.05, 3.63) is 11.4 Å². The van der Waals surface area contributed by atoms with Crippen LogP contribution in [0.1, 0.15) is 25.2 Å². The molecular weight excluding hydrogens is 230 g/mol. The van der Waals surface area contributed by atoms with Crippen LogP contribution in [-0.2, 0) is 11.2 Å². The van der Waals surface area contributed by atoms with Crippen LogP contribution >= 0.6 is 0 Å². The number of nitrogens with zero attached hydrogens (tertiary/aromatic N) is 3. The molecule has 1 amide bonds. The van der Waals surface area contributed by atoms with E-state index in [-0.39, 0.29) is 12.5 Å². The Morgan fingerprint density at radius 1 is 1.39 bits per heavy atom. The van der Waals surface area contributed by atoms with Gasteiger partial charge in [0.15, 0.2) is 0 Å². The minimum absolute atomic E-state index is 0.167. The molecule has 100 valence electrons. The molecule has 0 aromatic carbocycles. The molecule has 0 unspecified atom stereocenters. The number of hydrogen-bond acceptors (Lipinski definition) is 5. The van der Waals surface area contributed by atoms with E-state index in [1.54, 1.807) is 0 Å². The van der Waals surface area contributed by atoms with Gasteiger partial charge in [-0.05, 0) is 13.8 Å². The van der Waals surface area contributed by atoms with Gasteiger partial charge < -0.3 is 16.0 Å². The Kier molecular flexibility index (Phi) is 4.88.